The van der Waals surface area contributed by atoms with Gasteiger partial charge in [0.15, 0.2) is 0 Å². The van der Waals surface area contributed by atoms with Gasteiger partial charge in [0, 0.05) is 30.9 Å². The molecule has 0 amide bonds. The summed E-state index contributed by atoms with van der Waals surface area (Å²) < 4.78 is 12.4. The Balaban J connectivity index is 1.85. The van der Waals surface area contributed by atoms with E-state index in [1.54, 1.807) is 0 Å². The molecular weight excluding hydrogens is 445 g/mol. The van der Waals surface area contributed by atoms with Crippen molar-refractivity contribution in [1.29, 1.82) is 0 Å². The first-order valence-electron chi connectivity index (χ1n) is 15.2. The highest BCUT2D eigenvalue weighted by Gasteiger charge is 2.52. The van der Waals surface area contributed by atoms with Gasteiger partial charge in [-0.1, -0.05) is 104 Å². The van der Waals surface area contributed by atoms with Crippen LogP contribution in [0.1, 0.15) is 144 Å². The van der Waals surface area contributed by atoms with Crippen LogP contribution in [-0.2, 0) is 9.31 Å². The zero-order valence-electron chi connectivity index (χ0n) is 24.6. The van der Waals surface area contributed by atoms with Crippen LogP contribution in [0, 0.1) is 0 Å². The van der Waals surface area contributed by atoms with Crippen LogP contribution in [0.25, 0.3) is 0 Å². The average molecular weight is 502 g/mol. The summed E-state index contributed by atoms with van der Waals surface area (Å²) in [6, 6.07) is 0. The average Bonchev–Trinajstić information content (AvgIpc) is 3.07. The van der Waals surface area contributed by atoms with Crippen LogP contribution in [0.15, 0.2) is 12.4 Å². The van der Waals surface area contributed by atoms with E-state index in [9.17, 15) is 0 Å². The van der Waals surface area contributed by atoms with Crippen LogP contribution >= 0.6 is 0 Å². The largest absolute Gasteiger partial charge is 0.498 e. The maximum atomic E-state index is 6.19. The van der Waals surface area contributed by atoms with Crippen molar-refractivity contribution in [2.24, 2.45) is 0 Å². The van der Waals surface area contributed by atoms with Crippen molar-refractivity contribution >= 4 is 18.5 Å². The first kappa shape index (κ1) is 31.1. The zero-order chi connectivity index (χ0) is 26.3. The van der Waals surface area contributed by atoms with Gasteiger partial charge in [0.25, 0.3) is 0 Å². The number of unbranched alkanes of at least 4 members (excludes halogenated alkanes) is 14. The molecule has 1 saturated heterocycles. The standard InChI is InChI=1S/C30H56BN3O2/c1-7-9-11-13-15-17-19-21-23-34(24-22-20-18-16-14-12-10-8-2)28-32-25-27(26-33-28)31-35-29(3,4)30(5,6)36-31/h25-26H,7-24H2,1-6H3. The molecule has 1 aromatic rings. The number of nitrogens with zero attached hydrogens (tertiary/aromatic N) is 3. The minimum atomic E-state index is -0.405. The number of anilines is 1. The predicted molar refractivity (Wildman–Crippen MR) is 155 cm³/mol. The van der Waals surface area contributed by atoms with Crippen LogP contribution in [-0.4, -0.2) is 41.4 Å². The van der Waals surface area contributed by atoms with E-state index in [-0.39, 0.29) is 11.2 Å². The molecule has 5 nitrogen and oxygen atoms in total. The molecule has 2 heterocycles. The molecular formula is C30H56BN3O2. The van der Waals surface area contributed by atoms with E-state index in [1.165, 1.54) is 103 Å². The van der Waals surface area contributed by atoms with Crippen LogP contribution in [0.4, 0.5) is 5.95 Å². The molecule has 0 spiro atoms. The highest BCUT2D eigenvalue weighted by atomic mass is 16.7. The van der Waals surface area contributed by atoms with Gasteiger partial charge in [-0.2, -0.15) is 0 Å². The van der Waals surface area contributed by atoms with Crippen molar-refractivity contribution in [1.82, 2.24) is 9.97 Å². The van der Waals surface area contributed by atoms with Gasteiger partial charge in [-0.05, 0) is 40.5 Å². The molecule has 0 bridgehead atoms. The van der Waals surface area contributed by atoms with E-state index < -0.39 is 7.12 Å². The van der Waals surface area contributed by atoms with Gasteiger partial charge in [0.1, 0.15) is 0 Å². The molecule has 36 heavy (non-hydrogen) atoms. The predicted octanol–water partition coefficient (Wildman–Crippen LogP) is 7.86. The molecule has 0 aromatic carbocycles. The molecule has 1 aliphatic rings. The van der Waals surface area contributed by atoms with E-state index in [2.05, 4.69) is 46.4 Å². The Kier molecular flexibility index (Phi) is 14.4. The zero-order valence-corrected chi connectivity index (χ0v) is 24.6. The molecule has 6 heteroatoms. The van der Waals surface area contributed by atoms with Crippen LogP contribution in [0.5, 0.6) is 0 Å². The third-order valence-electron chi connectivity index (χ3n) is 8.03. The van der Waals surface area contributed by atoms with Gasteiger partial charge in [-0.25, -0.2) is 9.97 Å². The Morgan fingerprint density at radius 2 is 0.972 bits per heavy atom. The quantitative estimate of drug-likeness (QED) is 0.134. The third-order valence-corrected chi connectivity index (χ3v) is 8.03. The minimum Gasteiger partial charge on any atom is -0.399 e. The van der Waals surface area contributed by atoms with Gasteiger partial charge in [0.2, 0.25) is 5.95 Å². The lowest BCUT2D eigenvalue weighted by atomic mass is 9.81. The van der Waals surface area contributed by atoms with Crippen LogP contribution < -0.4 is 10.4 Å². The van der Waals surface area contributed by atoms with E-state index in [1.807, 2.05) is 12.4 Å². The van der Waals surface area contributed by atoms with Crippen molar-refractivity contribution in [3.63, 3.8) is 0 Å². The van der Waals surface area contributed by atoms with E-state index in [0.29, 0.717) is 0 Å². The number of hydrogen-bond acceptors (Lipinski definition) is 5. The van der Waals surface area contributed by atoms with Crippen molar-refractivity contribution in [2.75, 3.05) is 18.0 Å². The lowest BCUT2D eigenvalue weighted by molar-refractivity contribution is 0.00578. The molecule has 0 saturated carbocycles. The molecule has 1 aliphatic heterocycles. The maximum Gasteiger partial charge on any atom is 0.498 e. The number of aromatic nitrogens is 2. The van der Waals surface area contributed by atoms with Crippen molar-refractivity contribution in [3.05, 3.63) is 12.4 Å². The van der Waals surface area contributed by atoms with Crippen molar-refractivity contribution in [3.8, 4) is 0 Å². The maximum absolute atomic E-state index is 6.19. The Labute approximate surface area is 223 Å². The second kappa shape index (κ2) is 16.7. The van der Waals surface area contributed by atoms with Gasteiger partial charge in [-0.15, -0.1) is 0 Å². The van der Waals surface area contributed by atoms with Gasteiger partial charge < -0.3 is 14.2 Å². The Morgan fingerprint density at radius 3 is 1.36 bits per heavy atom. The smallest absolute Gasteiger partial charge is 0.399 e. The topological polar surface area (TPSA) is 47.5 Å². The molecule has 206 valence electrons. The molecule has 0 radical (unpaired) electrons. The highest BCUT2D eigenvalue weighted by molar-refractivity contribution is 6.61. The summed E-state index contributed by atoms with van der Waals surface area (Å²) in [5.74, 6) is 0.848. The van der Waals surface area contributed by atoms with Crippen molar-refractivity contribution in [2.45, 2.75) is 155 Å². The SMILES string of the molecule is CCCCCCCCCCN(CCCCCCCCCC)c1ncc(B2OC(C)(C)C(C)(C)O2)cn1. The number of hydrogen-bond donors (Lipinski definition) is 0. The van der Waals surface area contributed by atoms with E-state index >= 15 is 0 Å². The second-order valence-corrected chi connectivity index (χ2v) is 11.8. The molecule has 1 fully saturated rings. The fourth-order valence-corrected chi connectivity index (χ4v) is 4.78. The first-order valence-corrected chi connectivity index (χ1v) is 15.2. The van der Waals surface area contributed by atoms with Crippen molar-refractivity contribution < 1.29 is 9.31 Å². The summed E-state index contributed by atoms with van der Waals surface area (Å²) in [7, 11) is -0.405. The summed E-state index contributed by atoms with van der Waals surface area (Å²) in [6.07, 6.45) is 25.2. The molecule has 2 rings (SSSR count). The molecule has 0 N–H and O–H groups in total. The molecule has 0 unspecified atom stereocenters. The normalized spacial score (nSPS) is 16.6. The monoisotopic (exact) mass is 501 g/mol. The van der Waals surface area contributed by atoms with Gasteiger partial charge in [0.05, 0.1) is 11.2 Å². The Morgan fingerprint density at radius 1 is 0.611 bits per heavy atom. The lowest BCUT2D eigenvalue weighted by Gasteiger charge is -2.32. The number of rotatable bonds is 20. The van der Waals surface area contributed by atoms with E-state index in [0.717, 1.165) is 24.5 Å². The Bertz CT molecular complexity index is 660. The van der Waals surface area contributed by atoms with E-state index in [4.69, 9.17) is 19.3 Å². The summed E-state index contributed by atoms with van der Waals surface area (Å²) in [6.45, 7) is 15.0. The molecule has 0 atom stereocenters. The van der Waals surface area contributed by atoms with Gasteiger partial charge >= 0.3 is 7.12 Å². The summed E-state index contributed by atoms with van der Waals surface area (Å²) >= 11 is 0. The third kappa shape index (κ3) is 10.7. The lowest BCUT2D eigenvalue weighted by Crippen LogP contribution is -2.41. The molecule has 0 aliphatic carbocycles. The summed E-state index contributed by atoms with van der Waals surface area (Å²) in [4.78, 5) is 11.9. The Hall–Kier alpha value is -1.14. The molecule has 1 aromatic heterocycles. The first-order chi connectivity index (χ1) is 17.3. The van der Waals surface area contributed by atoms with Gasteiger partial charge in [-0.3, -0.25) is 0 Å². The van der Waals surface area contributed by atoms with Crippen LogP contribution in [0.3, 0.4) is 0 Å². The van der Waals surface area contributed by atoms with Crippen LogP contribution in [0.2, 0.25) is 0 Å². The summed E-state index contributed by atoms with van der Waals surface area (Å²) in [5, 5.41) is 0. The highest BCUT2D eigenvalue weighted by Crippen LogP contribution is 2.36. The second-order valence-electron chi connectivity index (χ2n) is 11.8. The minimum absolute atomic E-state index is 0.352. The fraction of sp³-hybridized carbons (Fsp3) is 0.867. The fourth-order valence-electron chi connectivity index (χ4n) is 4.78. The summed E-state index contributed by atoms with van der Waals surface area (Å²) in [5.41, 5.74) is 0.196.